The highest BCUT2D eigenvalue weighted by molar-refractivity contribution is 6.30. The van der Waals surface area contributed by atoms with Gasteiger partial charge in [-0.25, -0.2) is 4.39 Å². The van der Waals surface area contributed by atoms with Gasteiger partial charge in [-0.2, -0.15) is 4.68 Å². The number of hydrogen-bond acceptors (Lipinski definition) is 5. The van der Waals surface area contributed by atoms with E-state index in [-0.39, 0.29) is 11.6 Å². The predicted molar refractivity (Wildman–Crippen MR) is 108 cm³/mol. The molecule has 1 heterocycles. The van der Waals surface area contributed by atoms with Gasteiger partial charge in [-0.05, 0) is 65.7 Å². The number of nitrogens with zero attached hydrogens (tertiary/aromatic N) is 4. The number of aliphatic hydroxyl groups excluding tert-OH is 1. The Kier molecular flexibility index (Phi) is 6.56. The summed E-state index contributed by atoms with van der Waals surface area (Å²) in [4.78, 5) is 12.7. The summed E-state index contributed by atoms with van der Waals surface area (Å²) in [5.74, 6) is -0.263. The second-order valence-corrected chi connectivity index (χ2v) is 7.14. The molecule has 29 heavy (non-hydrogen) atoms. The molecule has 7 nitrogen and oxygen atoms in total. The first-order chi connectivity index (χ1) is 13.9. The summed E-state index contributed by atoms with van der Waals surface area (Å²) in [5, 5.41) is 24.0. The maximum absolute atomic E-state index is 14.5. The molecule has 1 aromatic heterocycles. The van der Waals surface area contributed by atoms with Crippen LogP contribution < -0.4 is 5.32 Å². The highest BCUT2D eigenvalue weighted by Gasteiger charge is 2.17. The number of carbonyl (C=O) groups is 1. The molecule has 1 atom stereocenters. The van der Waals surface area contributed by atoms with Crippen molar-refractivity contribution in [3.8, 4) is 16.8 Å². The number of rotatable bonds is 7. The minimum atomic E-state index is -0.504. The van der Waals surface area contributed by atoms with Crippen LogP contribution in [0.5, 0.6) is 0 Å². The smallest absolute Gasteiger partial charge is 0.251 e. The van der Waals surface area contributed by atoms with Gasteiger partial charge in [0.2, 0.25) is 0 Å². The number of aliphatic hydroxyl groups is 1. The quantitative estimate of drug-likeness (QED) is 0.615. The minimum Gasteiger partial charge on any atom is -0.394 e. The lowest BCUT2D eigenvalue weighted by Gasteiger charge is -2.14. The molecule has 2 aromatic carbocycles. The minimum absolute atomic E-state index is 0.197. The van der Waals surface area contributed by atoms with Gasteiger partial charge in [0.25, 0.3) is 5.91 Å². The zero-order valence-corrected chi connectivity index (χ0v) is 16.8. The number of amides is 1. The molecule has 0 spiro atoms. The van der Waals surface area contributed by atoms with Crippen LogP contribution in [0.3, 0.4) is 0 Å². The summed E-state index contributed by atoms with van der Waals surface area (Å²) in [7, 11) is 0. The molecule has 0 aliphatic carbocycles. The van der Waals surface area contributed by atoms with Gasteiger partial charge in [-0.15, -0.1) is 5.10 Å². The van der Waals surface area contributed by atoms with E-state index < -0.39 is 17.8 Å². The van der Waals surface area contributed by atoms with Crippen LogP contribution in [0, 0.1) is 5.82 Å². The molecule has 0 saturated carbocycles. The molecule has 2 N–H and O–H groups in total. The third-order valence-corrected chi connectivity index (χ3v) is 4.56. The Bertz CT molecular complexity index is 1020. The number of aromatic nitrogens is 4. The van der Waals surface area contributed by atoms with Gasteiger partial charge < -0.3 is 10.4 Å². The number of hydrogen-bond donors (Lipinski definition) is 2. The van der Waals surface area contributed by atoms with Crippen LogP contribution in [0.15, 0.2) is 36.4 Å². The number of tetrazole rings is 1. The average Bonchev–Trinajstić information content (AvgIpc) is 3.16. The molecule has 0 aliphatic heterocycles. The second-order valence-electron chi connectivity index (χ2n) is 6.71. The van der Waals surface area contributed by atoms with Crippen molar-refractivity contribution in [1.82, 2.24) is 25.5 Å². The first-order valence-corrected chi connectivity index (χ1v) is 9.60. The fourth-order valence-electron chi connectivity index (χ4n) is 2.88. The summed E-state index contributed by atoms with van der Waals surface area (Å²) < 4.78 is 16.1. The zero-order chi connectivity index (χ0) is 21.0. The van der Waals surface area contributed by atoms with E-state index >= 15 is 0 Å². The summed E-state index contributed by atoms with van der Waals surface area (Å²) in [6.07, 6.45) is 1.49. The van der Waals surface area contributed by atoms with E-state index in [4.69, 9.17) is 11.6 Å². The van der Waals surface area contributed by atoms with Crippen molar-refractivity contribution in [2.45, 2.75) is 32.7 Å². The van der Waals surface area contributed by atoms with Gasteiger partial charge in [0.1, 0.15) is 5.82 Å². The maximum atomic E-state index is 14.5. The molecule has 0 radical (unpaired) electrons. The Morgan fingerprint density at radius 2 is 2.10 bits per heavy atom. The molecule has 9 heteroatoms. The van der Waals surface area contributed by atoms with Gasteiger partial charge in [-0.1, -0.05) is 18.5 Å². The zero-order valence-electron chi connectivity index (χ0n) is 16.1. The third-order valence-electron chi connectivity index (χ3n) is 4.33. The van der Waals surface area contributed by atoms with Crippen molar-refractivity contribution < 1.29 is 14.3 Å². The lowest BCUT2D eigenvalue weighted by molar-refractivity contribution is 0.0922. The molecule has 0 unspecified atom stereocenters. The number of nitrogens with one attached hydrogen (secondary N) is 1. The molecule has 0 fully saturated rings. The Balaban J connectivity index is 2.14. The Labute approximate surface area is 172 Å². The highest BCUT2D eigenvalue weighted by Crippen LogP contribution is 2.28. The standard InChI is InChI=1S/C20H21ClFN5O2/c1-3-4-19-24-25-26-27(19)16-8-13(17-6-5-15(21)10-18(17)22)7-14(9-16)20(29)23-12(2)11-28/h5-10,12,28H,3-4,11H2,1-2H3,(H,23,29)/t12-/m0/s1. The fraction of sp³-hybridized carbons (Fsp3) is 0.300. The number of halogens is 2. The molecule has 1 amide bonds. The van der Waals surface area contributed by atoms with Crippen molar-refractivity contribution in [1.29, 1.82) is 0 Å². The molecule has 0 aliphatic rings. The lowest BCUT2D eigenvalue weighted by Crippen LogP contribution is -2.35. The third kappa shape index (κ3) is 4.78. The van der Waals surface area contributed by atoms with Crippen molar-refractivity contribution in [2.75, 3.05) is 6.61 Å². The van der Waals surface area contributed by atoms with Crippen LogP contribution >= 0.6 is 11.6 Å². The molecule has 0 saturated heterocycles. The number of aryl methyl sites for hydroxylation is 1. The molecule has 0 bridgehead atoms. The Morgan fingerprint density at radius 3 is 2.79 bits per heavy atom. The van der Waals surface area contributed by atoms with Crippen molar-refractivity contribution >= 4 is 17.5 Å². The largest absolute Gasteiger partial charge is 0.394 e. The molecular formula is C20H21ClFN5O2. The Hall–Kier alpha value is -2.84. The van der Waals surface area contributed by atoms with Gasteiger partial charge >= 0.3 is 0 Å². The van der Waals surface area contributed by atoms with E-state index in [0.29, 0.717) is 34.6 Å². The maximum Gasteiger partial charge on any atom is 0.251 e. The molecule has 3 aromatic rings. The first kappa shape index (κ1) is 20.9. The molecular weight excluding hydrogens is 397 g/mol. The van der Waals surface area contributed by atoms with Crippen LogP contribution in [0.1, 0.15) is 36.5 Å². The first-order valence-electron chi connectivity index (χ1n) is 9.22. The van der Waals surface area contributed by atoms with Crippen LogP contribution in [0.4, 0.5) is 4.39 Å². The van der Waals surface area contributed by atoms with Crippen molar-refractivity contribution in [3.05, 3.63) is 58.6 Å². The summed E-state index contributed by atoms with van der Waals surface area (Å²) >= 11 is 5.87. The van der Waals surface area contributed by atoms with Crippen LogP contribution in [0.2, 0.25) is 5.02 Å². The van der Waals surface area contributed by atoms with Crippen molar-refractivity contribution in [2.24, 2.45) is 0 Å². The van der Waals surface area contributed by atoms with E-state index in [2.05, 4.69) is 20.8 Å². The Morgan fingerprint density at radius 1 is 1.31 bits per heavy atom. The highest BCUT2D eigenvalue weighted by atomic mass is 35.5. The number of benzene rings is 2. The SMILES string of the molecule is CCCc1nnnn1-c1cc(C(=O)N[C@@H](C)CO)cc(-c2ccc(Cl)cc2F)c1. The van der Waals surface area contributed by atoms with Gasteiger partial charge in [-0.3, -0.25) is 4.79 Å². The monoisotopic (exact) mass is 417 g/mol. The van der Waals surface area contributed by atoms with E-state index in [1.54, 1.807) is 37.3 Å². The fourth-order valence-corrected chi connectivity index (χ4v) is 3.04. The topological polar surface area (TPSA) is 92.9 Å². The van der Waals surface area contributed by atoms with E-state index in [1.807, 2.05) is 6.92 Å². The van der Waals surface area contributed by atoms with Gasteiger partial charge in [0.05, 0.1) is 12.3 Å². The number of carbonyl (C=O) groups excluding carboxylic acids is 1. The second kappa shape index (κ2) is 9.11. The van der Waals surface area contributed by atoms with E-state index in [1.165, 1.54) is 10.7 Å². The summed E-state index contributed by atoms with van der Waals surface area (Å²) in [6.45, 7) is 3.49. The average molecular weight is 418 g/mol. The van der Waals surface area contributed by atoms with Gasteiger partial charge in [0.15, 0.2) is 5.82 Å². The molecule has 3 rings (SSSR count). The summed E-state index contributed by atoms with van der Waals surface area (Å²) in [6, 6.07) is 8.86. The molecule has 152 valence electrons. The van der Waals surface area contributed by atoms with Crippen LogP contribution in [-0.4, -0.2) is 43.9 Å². The van der Waals surface area contributed by atoms with Crippen LogP contribution in [-0.2, 0) is 6.42 Å². The van der Waals surface area contributed by atoms with Gasteiger partial charge in [0, 0.05) is 28.6 Å². The predicted octanol–water partition coefficient (Wildman–Crippen LogP) is 3.18. The van der Waals surface area contributed by atoms with Crippen LogP contribution in [0.25, 0.3) is 16.8 Å². The van der Waals surface area contributed by atoms with E-state index in [9.17, 15) is 14.3 Å². The summed E-state index contributed by atoms with van der Waals surface area (Å²) in [5.41, 5.74) is 1.61. The van der Waals surface area contributed by atoms with Crippen molar-refractivity contribution in [3.63, 3.8) is 0 Å². The lowest BCUT2D eigenvalue weighted by atomic mass is 10.0. The normalized spacial score (nSPS) is 12.0. The van der Waals surface area contributed by atoms with E-state index in [0.717, 1.165) is 6.42 Å².